The molecule has 1 aromatic heterocycles. The van der Waals surface area contributed by atoms with Gasteiger partial charge in [-0.05, 0) is 52.7 Å². The Bertz CT molecular complexity index is 285. The summed E-state index contributed by atoms with van der Waals surface area (Å²) in [6.07, 6.45) is 2.36. The highest BCUT2D eigenvalue weighted by atomic mass is 79.9. The van der Waals surface area contributed by atoms with Gasteiger partial charge in [-0.25, -0.2) is 0 Å². The van der Waals surface area contributed by atoms with E-state index in [2.05, 4.69) is 46.5 Å². The van der Waals surface area contributed by atoms with Crippen LogP contribution in [0.2, 0.25) is 0 Å². The van der Waals surface area contributed by atoms with Crippen molar-refractivity contribution in [2.45, 2.75) is 26.7 Å². The molecule has 1 unspecified atom stereocenters. The Morgan fingerprint density at radius 1 is 1.57 bits per heavy atom. The minimum Gasteiger partial charge on any atom is -0.319 e. The van der Waals surface area contributed by atoms with E-state index >= 15 is 0 Å². The zero-order valence-corrected chi connectivity index (χ0v) is 11.5. The SMILES string of the molecule is CCC(C)(CNC)Cc1sccc1Br. The molecule has 14 heavy (non-hydrogen) atoms. The minimum absolute atomic E-state index is 0.377. The molecule has 1 atom stereocenters. The molecule has 0 saturated heterocycles. The largest absolute Gasteiger partial charge is 0.319 e. The number of halogens is 1. The summed E-state index contributed by atoms with van der Waals surface area (Å²) in [7, 11) is 2.03. The Morgan fingerprint density at radius 3 is 2.71 bits per heavy atom. The van der Waals surface area contributed by atoms with E-state index in [0.29, 0.717) is 5.41 Å². The number of nitrogens with one attached hydrogen (secondary N) is 1. The van der Waals surface area contributed by atoms with Crippen molar-refractivity contribution in [1.82, 2.24) is 5.32 Å². The van der Waals surface area contributed by atoms with Crippen molar-refractivity contribution in [1.29, 1.82) is 0 Å². The van der Waals surface area contributed by atoms with E-state index in [0.717, 1.165) is 13.0 Å². The van der Waals surface area contributed by atoms with Crippen molar-refractivity contribution in [2.24, 2.45) is 5.41 Å². The molecule has 0 aliphatic rings. The first-order valence-electron chi connectivity index (χ1n) is 4.98. The number of hydrogen-bond donors (Lipinski definition) is 1. The molecule has 0 aliphatic heterocycles. The molecular formula is C11H18BrNS. The molecule has 3 heteroatoms. The van der Waals surface area contributed by atoms with Gasteiger partial charge in [-0.1, -0.05) is 13.8 Å². The first-order valence-corrected chi connectivity index (χ1v) is 6.65. The number of thiophene rings is 1. The molecule has 1 heterocycles. The zero-order valence-electron chi connectivity index (χ0n) is 9.06. The van der Waals surface area contributed by atoms with Gasteiger partial charge in [0.1, 0.15) is 0 Å². The van der Waals surface area contributed by atoms with E-state index in [1.807, 2.05) is 18.4 Å². The predicted molar refractivity (Wildman–Crippen MR) is 68.0 cm³/mol. The summed E-state index contributed by atoms with van der Waals surface area (Å²) in [6.45, 7) is 5.68. The topological polar surface area (TPSA) is 12.0 Å². The van der Waals surface area contributed by atoms with Gasteiger partial charge >= 0.3 is 0 Å². The van der Waals surface area contributed by atoms with E-state index in [1.54, 1.807) is 0 Å². The van der Waals surface area contributed by atoms with Gasteiger partial charge in [0.2, 0.25) is 0 Å². The van der Waals surface area contributed by atoms with E-state index in [4.69, 9.17) is 0 Å². The van der Waals surface area contributed by atoms with Gasteiger partial charge in [0, 0.05) is 15.9 Å². The Labute approximate surface area is 99.0 Å². The summed E-state index contributed by atoms with van der Waals surface area (Å²) >= 11 is 5.43. The standard InChI is InChI=1S/C11H18BrNS/c1-4-11(2,8-13-3)7-10-9(12)5-6-14-10/h5-6,13H,4,7-8H2,1-3H3. The summed E-state index contributed by atoms with van der Waals surface area (Å²) in [4.78, 5) is 1.46. The van der Waals surface area contributed by atoms with Gasteiger partial charge in [-0.2, -0.15) is 0 Å². The lowest BCUT2D eigenvalue weighted by atomic mass is 9.83. The second kappa shape index (κ2) is 5.29. The van der Waals surface area contributed by atoms with E-state index in [1.165, 1.54) is 15.8 Å². The van der Waals surface area contributed by atoms with Crippen LogP contribution in [0.5, 0.6) is 0 Å². The van der Waals surface area contributed by atoms with E-state index in [-0.39, 0.29) is 0 Å². The molecule has 0 fully saturated rings. The van der Waals surface area contributed by atoms with Crippen molar-refractivity contribution in [2.75, 3.05) is 13.6 Å². The van der Waals surface area contributed by atoms with Crippen LogP contribution in [-0.2, 0) is 6.42 Å². The lowest BCUT2D eigenvalue weighted by Gasteiger charge is -2.27. The molecule has 0 aliphatic carbocycles. The van der Waals surface area contributed by atoms with Crippen LogP contribution in [0, 0.1) is 5.41 Å². The Morgan fingerprint density at radius 2 is 2.29 bits per heavy atom. The van der Waals surface area contributed by atoms with Crippen LogP contribution in [0.25, 0.3) is 0 Å². The maximum Gasteiger partial charge on any atom is 0.0314 e. The van der Waals surface area contributed by atoms with Gasteiger partial charge in [-0.15, -0.1) is 11.3 Å². The van der Waals surface area contributed by atoms with Crippen molar-refractivity contribution >= 4 is 27.3 Å². The molecular weight excluding hydrogens is 258 g/mol. The fourth-order valence-electron chi connectivity index (χ4n) is 1.58. The van der Waals surface area contributed by atoms with E-state index < -0.39 is 0 Å². The van der Waals surface area contributed by atoms with Gasteiger partial charge in [0.25, 0.3) is 0 Å². The summed E-state index contributed by atoms with van der Waals surface area (Å²) in [6, 6.07) is 2.13. The van der Waals surface area contributed by atoms with Crippen molar-refractivity contribution in [3.05, 3.63) is 20.8 Å². The van der Waals surface area contributed by atoms with Gasteiger partial charge in [0.15, 0.2) is 0 Å². The Hall–Kier alpha value is 0.140. The Kier molecular flexibility index (Phi) is 4.61. The number of hydrogen-bond acceptors (Lipinski definition) is 2. The molecule has 1 aromatic rings. The Balaban J connectivity index is 2.69. The maximum absolute atomic E-state index is 3.59. The monoisotopic (exact) mass is 275 g/mol. The van der Waals surface area contributed by atoms with Crippen molar-refractivity contribution < 1.29 is 0 Å². The van der Waals surface area contributed by atoms with Crippen LogP contribution < -0.4 is 5.32 Å². The van der Waals surface area contributed by atoms with Crippen LogP contribution in [0.1, 0.15) is 25.1 Å². The highest BCUT2D eigenvalue weighted by Crippen LogP contribution is 2.32. The average Bonchev–Trinajstić information content (AvgIpc) is 2.52. The molecule has 0 saturated carbocycles. The van der Waals surface area contributed by atoms with Crippen LogP contribution in [-0.4, -0.2) is 13.6 Å². The lowest BCUT2D eigenvalue weighted by Crippen LogP contribution is -2.30. The van der Waals surface area contributed by atoms with Crippen LogP contribution >= 0.6 is 27.3 Å². The molecule has 1 nitrogen and oxygen atoms in total. The minimum atomic E-state index is 0.377. The third-order valence-corrected chi connectivity index (χ3v) is 4.66. The summed E-state index contributed by atoms with van der Waals surface area (Å²) in [5.74, 6) is 0. The fourth-order valence-corrected chi connectivity index (χ4v) is 3.29. The molecule has 0 amide bonds. The third-order valence-electron chi connectivity index (χ3n) is 2.74. The van der Waals surface area contributed by atoms with Gasteiger partial charge in [0.05, 0.1) is 0 Å². The average molecular weight is 276 g/mol. The molecule has 1 rings (SSSR count). The van der Waals surface area contributed by atoms with Crippen LogP contribution in [0.3, 0.4) is 0 Å². The fraction of sp³-hybridized carbons (Fsp3) is 0.636. The molecule has 0 bridgehead atoms. The molecule has 80 valence electrons. The van der Waals surface area contributed by atoms with Gasteiger partial charge < -0.3 is 5.32 Å². The summed E-state index contributed by atoms with van der Waals surface area (Å²) < 4.78 is 1.26. The zero-order chi connectivity index (χ0) is 10.6. The van der Waals surface area contributed by atoms with E-state index in [9.17, 15) is 0 Å². The first-order chi connectivity index (χ1) is 6.61. The second-order valence-corrected chi connectivity index (χ2v) is 5.92. The van der Waals surface area contributed by atoms with Gasteiger partial charge in [-0.3, -0.25) is 0 Å². The molecule has 0 radical (unpaired) electrons. The molecule has 0 aromatic carbocycles. The quantitative estimate of drug-likeness (QED) is 0.865. The lowest BCUT2D eigenvalue weighted by molar-refractivity contribution is 0.300. The smallest absolute Gasteiger partial charge is 0.0314 e. The normalized spacial score (nSPS) is 15.4. The molecule has 0 spiro atoms. The molecule has 1 N–H and O–H groups in total. The number of rotatable bonds is 5. The predicted octanol–water partition coefficient (Wildman–Crippen LogP) is 3.69. The highest BCUT2D eigenvalue weighted by Gasteiger charge is 2.23. The van der Waals surface area contributed by atoms with Crippen molar-refractivity contribution in [3.63, 3.8) is 0 Å². The highest BCUT2D eigenvalue weighted by molar-refractivity contribution is 9.10. The first kappa shape index (κ1) is 12.2. The van der Waals surface area contributed by atoms with Crippen LogP contribution in [0.15, 0.2) is 15.9 Å². The summed E-state index contributed by atoms with van der Waals surface area (Å²) in [5.41, 5.74) is 0.377. The van der Waals surface area contributed by atoms with Crippen LogP contribution in [0.4, 0.5) is 0 Å². The van der Waals surface area contributed by atoms with Crippen molar-refractivity contribution in [3.8, 4) is 0 Å². The second-order valence-electron chi connectivity index (χ2n) is 4.06. The third kappa shape index (κ3) is 3.07. The maximum atomic E-state index is 3.59. The summed E-state index contributed by atoms with van der Waals surface area (Å²) in [5, 5.41) is 5.43.